The average Bonchev–Trinajstić information content (AvgIpc) is 3.32. The maximum atomic E-state index is 13.3. The van der Waals surface area contributed by atoms with E-state index in [2.05, 4.69) is 15.6 Å². The predicted molar refractivity (Wildman–Crippen MR) is 122 cm³/mol. The first-order valence-corrected chi connectivity index (χ1v) is 10.3. The van der Waals surface area contributed by atoms with Crippen molar-refractivity contribution in [1.82, 2.24) is 10.3 Å². The van der Waals surface area contributed by atoms with Gasteiger partial charge in [0.15, 0.2) is 17.1 Å². The number of ketones is 2. The Morgan fingerprint density at radius 3 is 2.38 bits per heavy atom. The lowest BCUT2D eigenvalue weighted by Gasteiger charge is -2.22. The molecule has 0 saturated carbocycles. The number of hydrogen-bond acceptors (Lipinski definition) is 10. The highest BCUT2D eigenvalue weighted by atomic mass is 16.6. The summed E-state index contributed by atoms with van der Waals surface area (Å²) in [6.07, 6.45) is 0. The Balaban J connectivity index is 1.68. The van der Waals surface area contributed by atoms with Crippen LogP contribution in [0, 0.1) is 10.1 Å². The number of aliphatic hydroxyl groups excluding tert-OH is 1. The van der Waals surface area contributed by atoms with Crippen molar-refractivity contribution in [2.75, 3.05) is 30.4 Å². The van der Waals surface area contributed by atoms with E-state index in [1.54, 1.807) is 49.5 Å². The number of nitro groups is 1. The molecule has 0 atom stereocenters. The van der Waals surface area contributed by atoms with Gasteiger partial charge in [0.05, 0.1) is 28.5 Å². The lowest BCUT2D eigenvalue weighted by Crippen LogP contribution is -2.23. The van der Waals surface area contributed by atoms with E-state index in [1.807, 2.05) is 0 Å². The summed E-state index contributed by atoms with van der Waals surface area (Å²) in [6.45, 7) is -0.102. The second-order valence-electron chi connectivity index (χ2n) is 7.71. The summed E-state index contributed by atoms with van der Waals surface area (Å²) in [5.41, 5.74) is 1.54. The zero-order valence-corrected chi connectivity index (χ0v) is 17.8. The first-order valence-electron chi connectivity index (χ1n) is 10.3. The number of aliphatic hydroxyl groups is 1. The van der Waals surface area contributed by atoms with Crippen LogP contribution in [-0.4, -0.2) is 52.1 Å². The normalized spacial score (nSPS) is 12.4. The van der Waals surface area contributed by atoms with Gasteiger partial charge in [-0.2, -0.15) is 0 Å². The number of nitro benzene ring substituents is 1. The van der Waals surface area contributed by atoms with Crippen molar-refractivity contribution in [3.05, 3.63) is 80.9 Å². The highest BCUT2D eigenvalue weighted by molar-refractivity contribution is 6.30. The molecule has 1 heterocycles. The third-order valence-electron chi connectivity index (χ3n) is 5.74. The summed E-state index contributed by atoms with van der Waals surface area (Å²) < 4.78 is 4.79. The highest BCUT2D eigenvalue weighted by Gasteiger charge is 2.32. The maximum absolute atomic E-state index is 13.3. The van der Waals surface area contributed by atoms with Gasteiger partial charge in [0.1, 0.15) is 5.69 Å². The summed E-state index contributed by atoms with van der Waals surface area (Å²) >= 11 is 0. The smallest absolute Gasteiger partial charge is 0.323 e. The Hall–Kier alpha value is -4.64. The molecule has 4 aromatic rings. The molecular weight excluding hydrogens is 442 g/mol. The molecular formula is C23H17N5O6. The molecule has 0 fully saturated rings. The zero-order chi connectivity index (χ0) is 24.0. The number of benzene rings is 3. The van der Waals surface area contributed by atoms with Crippen LogP contribution in [0.1, 0.15) is 31.8 Å². The number of aromatic nitrogens is 2. The Kier molecular flexibility index (Phi) is 5.02. The number of hydrogen-bond donors (Lipinski definition) is 2. The van der Waals surface area contributed by atoms with E-state index in [4.69, 9.17) is 4.63 Å². The topological polar surface area (TPSA) is 152 Å². The van der Waals surface area contributed by atoms with Gasteiger partial charge in [-0.25, -0.2) is 4.63 Å². The van der Waals surface area contributed by atoms with Gasteiger partial charge in [0.2, 0.25) is 5.52 Å². The fourth-order valence-electron chi connectivity index (χ4n) is 4.15. The fraction of sp³-hybridized carbons (Fsp3) is 0.130. The molecule has 0 spiro atoms. The first kappa shape index (κ1) is 21.2. The Bertz CT molecular complexity index is 1490. The highest BCUT2D eigenvalue weighted by Crippen LogP contribution is 2.41. The summed E-state index contributed by atoms with van der Waals surface area (Å²) in [7, 11) is 1.59. The quantitative estimate of drug-likeness (QED) is 0.286. The van der Waals surface area contributed by atoms with E-state index >= 15 is 0 Å². The van der Waals surface area contributed by atoms with Crippen LogP contribution >= 0.6 is 0 Å². The molecule has 3 aromatic carbocycles. The molecule has 0 bridgehead atoms. The van der Waals surface area contributed by atoms with Crippen molar-refractivity contribution >= 4 is 45.3 Å². The summed E-state index contributed by atoms with van der Waals surface area (Å²) in [5.74, 6) is -0.587. The van der Waals surface area contributed by atoms with Crippen LogP contribution in [0.15, 0.2) is 53.2 Å². The molecule has 0 aliphatic heterocycles. The molecule has 0 radical (unpaired) electrons. The van der Waals surface area contributed by atoms with E-state index in [0.29, 0.717) is 16.8 Å². The number of anilines is 3. The summed E-state index contributed by atoms with van der Waals surface area (Å²) in [4.78, 5) is 39.1. The van der Waals surface area contributed by atoms with Gasteiger partial charge in [0.25, 0.3) is 0 Å². The van der Waals surface area contributed by atoms with Crippen LogP contribution < -0.4 is 10.2 Å². The van der Waals surface area contributed by atoms with Gasteiger partial charge < -0.3 is 15.3 Å². The first-order chi connectivity index (χ1) is 16.4. The molecule has 0 unspecified atom stereocenters. The molecule has 11 nitrogen and oxygen atoms in total. The lowest BCUT2D eigenvalue weighted by molar-refractivity contribution is -0.382. The number of fused-ring (bicyclic) bond motifs is 3. The van der Waals surface area contributed by atoms with Crippen LogP contribution in [0.3, 0.4) is 0 Å². The van der Waals surface area contributed by atoms with Crippen LogP contribution in [-0.2, 0) is 0 Å². The number of nitrogens with one attached hydrogen (secondary N) is 1. The fourth-order valence-corrected chi connectivity index (χ4v) is 4.15. The van der Waals surface area contributed by atoms with Gasteiger partial charge in [0, 0.05) is 30.3 Å². The Morgan fingerprint density at radius 2 is 1.68 bits per heavy atom. The van der Waals surface area contributed by atoms with Gasteiger partial charge in [-0.1, -0.05) is 36.4 Å². The molecule has 1 aromatic heterocycles. The van der Waals surface area contributed by atoms with Crippen LogP contribution in [0.2, 0.25) is 0 Å². The Labute approximate surface area is 191 Å². The van der Waals surface area contributed by atoms with E-state index in [0.717, 1.165) is 0 Å². The molecule has 5 rings (SSSR count). The molecule has 11 heteroatoms. The largest absolute Gasteiger partial charge is 0.395 e. The molecule has 34 heavy (non-hydrogen) atoms. The van der Waals surface area contributed by atoms with Crippen LogP contribution in [0.5, 0.6) is 0 Å². The van der Waals surface area contributed by atoms with E-state index in [9.17, 15) is 24.8 Å². The van der Waals surface area contributed by atoms with E-state index in [1.165, 1.54) is 11.0 Å². The third-order valence-corrected chi connectivity index (χ3v) is 5.74. The number of nitrogens with zero attached hydrogens (tertiary/aromatic N) is 4. The summed E-state index contributed by atoms with van der Waals surface area (Å²) in [6, 6.07) is 12.9. The standard InChI is InChI=1S/C23H17N5O6/c1-27(9-10-29)17-11-16(19-20(26-34-25-19)21(17)28(32)33)24-15-8-4-7-14-18(15)23(31)13-6-3-2-5-12(13)22(14)30/h2-8,11,24,29H,9-10H2,1H3. The van der Waals surface area contributed by atoms with Crippen LogP contribution in [0.4, 0.5) is 22.7 Å². The van der Waals surface area contributed by atoms with Crippen molar-refractivity contribution in [3.63, 3.8) is 0 Å². The van der Waals surface area contributed by atoms with Crippen LogP contribution in [0.25, 0.3) is 11.0 Å². The minimum absolute atomic E-state index is 0.0837. The number of rotatable bonds is 6. The predicted octanol–water partition coefficient (Wildman–Crippen LogP) is 3.08. The molecule has 170 valence electrons. The molecule has 1 aliphatic carbocycles. The molecule has 1 aliphatic rings. The van der Waals surface area contributed by atoms with E-state index in [-0.39, 0.29) is 63.9 Å². The van der Waals surface area contributed by atoms with Crippen molar-refractivity contribution in [1.29, 1.82) is 0 Å². The number of likely N-dealkylation sites (N-methyl/N-ethyl adjacent to an activating group) is 1. The average molecular weight is 459 g/mol. The van der Waals surface area contributed by atoms with Crippen molar-refractivity contribution < 1.29 is 24.2 Å². The van der Waals surface area contributed by atoms with E-state index < -0.39 is 4.92 Å². The Morgan fingerprint density at radius 1 is 1.00 bits per heavy atom. The number of carbonyl (C=O) groups is 2. The molecule has 2 N–H and O–H groups in total. The van der Waals surface area contributed by atoms with Gasteiger partial charge in [-0.3, -0.25) is 19.7 Å². The van der Waals surface area contributed by atoms with Gasteiger partial charge in [-0.15, -0.1) is 0 Å². The van der Waals surface area contributed by atoms with Crippen molar-refractivity contribution in [3.8, 4) is 0 Å². The second kappa shape index (κ2) is 8.05. The SMILES string of the molecule is CN(CCO)c1cc(Nc2cccc3c2C(=O)c2ccccc2C3=O)c2nonc2c1[N+](=O)[O-]. The van der Waals surface area contributed by atoms with Gasteiger partial charge >= 0.3 is 5.69 Å². The minimum Gasteiger partial charge on any atom is -0.395 e. The van der Waals surface area contributed by atoms with Gasteiger partial charge in [-0.05, 0) is 22.4 Å². The van der Waals surface area contributed by atoms with Crippen molar-refractivity contribution in [2.45, 2.75) is 0 Å². The lowest BCUT2D eigenvalue weighted by atomic mass is 9.83. The second-order valence-corrected chi connectivity index (χ2v) is 7.71. The minimum atomic E-state index is -0.594. The van der Waals surface area contributed by atoms with Crippen molar-refractivity contribution in [2.24, 2.45) is 0 Å². The molecule has 0 saturated heterocycles. The number of carbonyl (C=O) groups excluding carboxylic acids is 2. The maximum Gasteiger partial charge on any atom is 0.323 e. The summed E-state index contributed by atoms with van der Waals surface area (Å²) in [5, 5.41) is 31.8. The zero-order valence-electron chi connectivity index (χ0n) is 17.8. The third kappa shape index (κ3) is 3.18. The monoisotopic (exact) mass is 459 g/mol. The molecule has 0 amide bonds.